The monoisotopic (exact) mass is 352 g/mol. The van der Waals surface area contributed by atoms with Crippen molar-refractivity contribution in [2.24, 2.45) is 0 Å². The molecular weight excluding hydrogens is 324 g/mol. The minimum Gasteiger partial charge on any atom is -0.339 e. The van der Waals surface area contributed by atoms with E-state index in [1.807, 2.05) is 11.8 Å². The van der Waals surface area contributed by atoms with Gasteiger partial charge in [0.25, 0.3) is 5.91 Å². The van der Waals surface area contributed by atoms with Gasteiger partial charge in [-0.15, -0.1) is 0 Å². The number of rotatable bonds is 6. The molecule has 1 aliphatic rings. The zero-order valence-electron chi connectivity index (χ0n) is 14.7. The summed E-state index contributed by atoms with van der Waals surface area (Å²) in [7, 11) is -1.88. The Labute approximate surface area is 145 Å². The lowest BCUT2D eigenvalue weighted by atomic mass is 10.2. The molecule has 2 rings (SSSR count). The second-order valence-corrected chi connectivity index (χ2v) is 8.46. The minimum atomic E-state index is -3.48. The quantitative estimate of drug-likeness (QED) is 0.790. The summed E-state index contributed by atoms with van der Waals surface area (Å²) in [5.74, 6) is 0.000172. The number of hydrogen-bond donors (Lipinski definition) is 0. The van der Waals surface area contributed by atoms with E-state index in [1.54, 1.807) is 31.3 Å². The first-order valence-corrected chi connectivity index (χ1v) is 10.3. The van der Waals surface area contributed by atoms with Crippen LogP contribution in [0, 0.1) is 0 Å². The average Bonchev–Trinajstić information content (AvgIpc) is 2.88. The molecule has 0 unspecified atom stereocenters. The van der Waals surface area contributed by atoms with E-state index >= 15 is 0 Å². The summed E-state index contributed by atoms with van der Waals surface area (Å²) in [5, 5.41) is 0. The number of unbranched alkanes of at least 4 members (excludes halogenated alkanes) is 1. The highest BCUT2D eigenvalue weighted by Gasteiger charge is 2.22. The maximum absolute atomic E-state index is 12.6. The van der Waals surface area contributed by atoms with E-state index in [9.17, 15) is 13.2 Å². The van der Waals surface area contributed by atoms with Crippen molar-refractivity contribution in [2.45, 2.75) is 50.3 Å². The molecule has 0 bridgehead atoms. The first-order valence-electron chi connectivity index (χ1n) is 8.82. The Hall–Kier alpha value is -1.40. The Morgan fingerprint density at radius 2 is 1.67 bits per heavy atom. The van der Waals surface area contributed by atoms with Crippen LogP contribution in [0.15, 0.2) is 29.2 Å². The molecule has 24 heavy (non-hydrogen) atoms. The van der Waals surface area contributed by atoms with Crippen LogP contribution in [0.1, 0.15) is 55.8 Å². The predicted octanol–water partition coefficient (Wildman–Crippen LogP) is 3.12. The molecule has 134 valence electrons. The fourth-order valence-corrected chi connectivity index (χ4v) is 4.12. The molecule has 0 spiro atoms. The van der Waals surface area contributed by atoms with Crippen molar-refractivity contribution in [3.8, 4) is 0 Å². The number of carbonyl (C=O) groups excluding carboxylic acids is 1. The smallest absolute Gasteiger partial charge is 0.253 e. The van der Waals surface area contributed by atoms with Gasteiger partial charge >= 0.3 is 0 Å². The molecule has 0 radical (unpaired) electrons. The number of sulfonamides is 1. The molecule has 0 saturated carbocycles. The van der Waals surface area contributed by atoms with E-state index in [0.717, 1.165) is 38.8 Å². The lowest BCUT2D eigenvalue weighted by Crippen LogP contribution is -2.32. The molecule has 0 aliphatic carbocycles. The van der Waals surface area contributed by atoms with Gasteiger partial charge in [0.2, 0.25) is 10.0 Å². The third-order valence-electron chi connectivity index (χ3n) is 4.53. The van der Waals surface area contributed by atoms with Crippen molar-refractivity contribution >= 4 is 15.9 Å². The van der Waals surface area contributed by atoms with Gasteiger partial charge in [-0.2, -0.15) is 0 Å². The summed E-state index contributed by atoms with van der Waals surface area (Å²) in [6, 6.07) is 6.35. The molecule has 1 aromatic rings. The number of hydrogen-bond acceptors (Lipinski definition) is 3. The summed E-state index contributed by atoms with van der Waals surface area (Å²) >= 11 is 0. The molecule has 0 aromatic heterocycles. The van der Waals surface area contributed by atoms with Gasteiger partial charge in [-0.3, -0.25) is 4.79 Å². The van der Waals surface area contributed by atoms with Gasteiger partial charge in [0.05, 0.1) is 4.90 Å². The van der Waals surface area contributed by atoms with E-state index in [1.165, 1.54) is 17.1 Å². The Morgan fingerprint density at radius 3 is 2.21 bits per heavy atom. The fourth-order valence-electron chi connectivity index (χ4n) is 2.91. The summed E-state index contributed by atoms with van der Waals surface area (Å²) in [6.45, 7) is 4.12. The first-order chi connectivity index (χ1) is 11.5. The lowest BCUT2D eigenvalue weighted by Gasteiger charge is -2.21. The van der Waals surface area contributed by atoms with Gasteiger partial charge in [-0.25, -0.2) is 12.7 Å². The number of amides is 1. The van der Waals surface area contributed by atoms with Crippen LogP contribution in [-0.2, 0) is 10.0 Å². The van der Waals surface area contributed by atoms with Crippen LogP contribution in [-0.4, -0.2) is 50.2 Å². The maximum atomic E-state index is 12.6. The van der Waals surface area contributed by atoms with Crippen molar-refractivity contribution in [2.75, 3.05) is 26.7 Å². The van der Waals surface area contributed by atoms with E-state index in [4.69, 9.17) is 0 Å². The molecular formula is C18H28N2O3S. The summed E-state index contributed by atoms with van der Waals surface area (Å²) in [4.78, 5) is 14.7. The van der Waals surface area contributed by atoms with Crippen molar-refractivity contribution < 1.29 is 13.2 Å². The van der Waals surface area contributed by atoms with E-state index < -0.39 is 10.0 Å². The zero-order valence-corrected chi connectivity index (χ0v) is 15.5. The molecule has 1 amide bonds. The highest BCUT2D eigenvalue weighted by molar-refractivity contribution is 7.89. The third kappa shape index (κ3) is 4.57. The highest BCUT2D eigenvalue weighted by Crippen LogP contribution is 2.18. The second kappa shape index (κ2) is 8.62. The Morgan fingerprint density at radius 1 is 1.08 bits per heavy atom. The number of benzene rings is 1. The van der Waals surface area contributed by atoms with Crippen LogP contribution < -0.4 is 0 Å². The van der Waals surface area contributed by atoms with Crippen molar-refractivity contribution in [1.82, 2.24) is 9.21 Å². The molecule has 0 atom stereocenters. The standard InChI is InChI=1S/C18H28N2O3S/c1-3-4-13-19(2)24(22,23)17-11-9-16(10-12-17)18(21)20-14-7-5-6-8-15-20/h9-12H,3-8,13-15H2,1-2H3. The van der Waals surface area contributed by atoms with E-state index in [-0.39, 0.29) is 10.8 Å². The number of carbonyl (C=O) groups is 1. The van der Waals surface area contributed by atoms with Crippen LogP contribution in [0.5, 0.6) is 0 Å². The first kappa shape index (κ1) is 18.9. The van der Waals surface area contributed by atoms with E-state index in [2.05, 4.69) is 0 Å². The van der Waals surface area contributed by atoms with Gasteiger partial charge < -0.3 is 4.90 Å². The fraction of sp³-hybridized carbons (Fsp3) is 0.611. The molecule has 1 aliphatic heterocycles. The number of nitrogens with zero attached hydrogens (tertiary/aromatic N) is 2. The maximum Gasteiger partial charge on any atom is 0.253 e. The van der Waals surface area contributed by atoms with Crippen LogP contribution in [0.2, 0.25) is 0 Å². The topological polar surface area (TPSA) is 57.7 Å². The van der Waals surface area contributed by atoms with Crippen LogP contribution in [0.25, 0.3) is 0 Å². The zero-order chi connectivity index (χ0) is 17.6. The molecule has 1 fully saturated rings. The van der Waals surface area contributed by atoms with Gasteiger partial charge in [0.1, 0.15) is 0 Å². The van der Waals surface area contributed by atoms with Crippen LogP contribution >= 0.6 is 0 Å². The second-order valence-electron chi connectivity index (χ2n) is 6.41. The third-order valence-corrected chi connectivity index (χ3v) is 6.40. The van der Waals surface area contributed by atoms with Crippen molar-refractivity contribution in [3.63, 3.8) is 0 Å². The summed E-state index contributed by atoms with van der Waals surface area (Å²) in [5.41, 5.74) is 0.562. The minimum absolute atomic E-state index is 0.000172. The SMILES string of the molecule is CCCCN(C)S(=O)(=O)c1ccc(C(=O)N2CCCCCC2)cc1. The molecule has 1 saturated heterocycles. The summed E-state index contributed by atoms with van der Waals surface area (Å²) < 4.78 is 26.4. The Kier molecular flexibility index (Phi) is 6.80. The predicted molar refractivity (Wildman–Crippen MR) is 95.5 cm³/mol. The molecule has 0 N–H and O–H groups in total. The largest absolute Gasteiger partial charge is 0.339 e. The Balaban J connectivity index is 2.10. The molecule has 1 heterocycles. The highest BCUT2D eigenvalue weighted by atomic mass is 32.2. The van der Waals surface area contributed by atoms with Crippen LogP contribution in [0.4, 0.5) is 0 Å². The normalized spacial score (nSPS) is 16.2. The lowest BCUT2D eigenvalue weighted by molar-refractivity contribution is 0.0761. The van der Waals surface area contributed by atoms with E-state index in [0.29, 0.717) is 12.1 Å². The summed E-state index contributed by atoms with van der Waals surface area (Å²) in [6.07, 6.45) is 6.21. The van der Waals surface area contributed by atoms with Gasteiger partial charge in [0.15, 0.2) is 0 Å². The van der Waals surface area contributed by atoms with Gasteiger partial charge in [0, 0.05) is 32.2 Å². The molecule has 1 aromatic carbocycles. The van der Waals surface area contributed by atoms with Gasteiger partial charge in [-0.1, -0.05) is 26.2 Å². The van der Waals surface area contributed by atoms with Crippen LogP contribution in [0.3, 0.4) is 0 Å². The number of likely N-dealkylation sites (tertiary alicyclic amines) is 1. The Bertz CT molecular complexity index is 633. The molecule has 6 heteroatoms. The van der Waals surface area contributed by atoms with Gasteiger partial charge in [-0.05, 0) is 43.5 Å². The van der Waals surface area contributed by atoms with Crippen molar-refractivity contribution in [3.05, 3.63) is 29.8 Å². The van der Waals surface area contributed by atoms with Crippen molar-refractivity contribution in [1.29, 1.82) is 0 Å². The average molecular weight is 353 g/mol. The molecule has 5 nitrogen and oxygen atoms in total.